The molecule has 4 rings (SSSR count). The first-order valence-corrected chi connectivity index (χ1v) is 8.43. The lowest BCUT2D eigenvalue weighted by Crippen LogP contribution is -2.29. The first kappa shape index (κ1) is 16.5. The van der Waals surface area contributed by atoms with Crippen molar-refractivity contribution in [2.45, 2.75) is 37.6 Å². The van der Waals surface area contributed by atoms with E-state index in [2.05, 4.69) is 15.2 Å². The molecule has 3 aliphatic heterocycles. The smallest absolute Gasteiger partial charge is 0.387 e. The van der Waals surface area contributed by atoms with Gasteiger partial charge in [-0.1, -0.05) is 5.16 Å². The van der Waals surface area contributed by atoms with Gasteiger partial charge in [0.1, 0.15) is 6.10 Å². The van der Waals surface area contributed by atoms with Crippen LogP contribution in [0.4, 0.5) is 8.78 Å². The lowest BCUT2D eigenvalue weighted by molar-refractivity contribution is -0.0519. The van der Waals surface area contributed by atoms with Crippen molar-refractivity contribution in [3.63, 3.8) is 0 Å². The largest absolute Gasteiger partial charge is 0.485 e. The van der Waals surface area contributed by atoms with Crippen molar-refractivity contribution >= 4 is 5.71 Å². The Morgan fingerprint density at radius 2 is 2.24 bits per heavy atom. The zero-order valence-electron chi connectivity index (χ0n) is 13.7. The van der Waals surface area contributed by atoms with E-state index in [9.17, 15) is 8.78 Å². The zero-order valence-corrected chi connectivity index (χ0v) is 13.7. The van der Waals surface area contributed by atoms with Gasteiger partial charge in [-0.2, -0.15) is 8.78 Å². The molecule has 2 saturated heterocycles. The predicted octanol–water partition coefficient (Wildman–Crippen LogP) is 2.31. The van der Waals surface area contributed by atoms with Crippen LogP contribution in [0.15, 0.2) is 23.4 Å². The average molecular weight is 354 g/mol. The third-order valence-electron chi connectivity index (χ3n) is 4.71. The van der Waals surface area contributed by atoms with Crippen LogP contribution in [-0.2, 0) is 9.57 Å². The highest BCUT2D eigenvalue weighted by Crippen LogP contribution is 2.37. The standard InChI is InChI=1S/C17H20F2N2O4/c18-16(19)24-14-2-1-11(7-15(14)23-12-3-5-20-9-12)13-8-17(25-21-13)4-6-22-10-17/h1-2,7,12,16,20H,3-6,8-10H2. The van der Waals surface area contributed by atoms with Crippen LogP contribution in [0.5, 0.6) is 11.5 Å². The maximum absolute atomic E-state index is 12.7. The van der Waals surface area contributed by atoms with E-state index >= 15 is 0 Å². The van der Waals surface area contributed by atoms with Crippen LogP contribution in [-0.4, -0.2) is 50.3 Å². The molecule has 1 N–H and O–H groups in total. The van der Waals surface area contributed by atoms with Crippen molar-refractivity contribution in [2.24, 2.45) is 5.16 Å². The van der Waals surface area contributed by atoms with E-state index in [0.717, 1.165) is 30.7 Å². The van der Waals surface area contributed by atoms with Crippen LogP contribution < -0.4 is 14.8 Å². The summed E-state index contributed by atoms with van der Waals surface area (Å²) < 4.78 is 41.2. The number of hydrogen-bond acceptors (Lipinski definition) is 6. The molecule has 25 heavy (non-hydrogen) atoms. The highest BCUT2D eigenvalue weighted by molar-refractivity contribution is 6.02. The van der Waals surface area contributed by atoms with Crippen molar-refractivity contribution in [3.8, 4) is 11.5 Å². The summed E-state index contributed by atoms with van der Waals surface area (Å²) in [5.41, 5.74) is 1.17. The molecule has 1 aromatic carbocycles. The van der Waals surface area contributed by atoms with Gasteiger partial charge in [0.25, 0.3) is 0 Å². The Morgan fingerprint density at radius 3 is 2.96 bits per heavy atom. The third kappa shape index (κ3) is 3.55. The second-order valence-corrected chi connectivity index (χ2v) is 6.56. The lowest BCUT2D eigenvalue weighted by Gasteiger charge is -2.18. The number of benzene rings is 1. The van der Waals surface area contributed by atoms with E-state index in [1.54, 1.807) is 12.1 Å². The first-order valence-electron chi connectivity index (χ1n) is 8.43. The molecule has 0 bridgehead atoms. The van der Waals surface area contributed by atoms with Crippen LogP contribution in [0.25, 0.3) is 0 Å². The van der Waals surface area contributed by atoms with Crippen molar-refractivity contribution < 1.29 is 27.8 Å². The minimum atomic E-state index is -2.90. The van der Waals surface area contributed by atoms with Crippen LogP contribution in [0, 0.1) is 0 Å². The number of ether oxygens (including phenoxy) is 3. The van der Waals surface area contributed by atoms with Gasteiger partial charge in [-0.3, -0.25) is 0 Å². The highest BCUT2D eigenvalue weighted by atomic mass is 19.3. The second-order valence-electron chi connectivity index (χ2n) is 6.56. The minimum absolute atomic E-state index is 0.0316. The quantitative estimate of drug-likeness (QED) is 0.879. The van der Waals surface area contributed by atoms with Crippen LogP contribution in [0.2, 0.25) is 0 Å². The SMILES string of the molecule is FC(F)Oc1ccc(C2=NOC3(CCOC3)C2)cc1OC1CCNC1. The average Bonchev–Trinajstić information content (AvgIpc) is 3.33. The van der Waals surface area contributed by atoms with Crippen molar-refractivity contribution in [2.75, 3.05) is 26.3 Å². The molecule has 8 heteroatoms. The molecule has 1 aromatic rings. The number of halogens is 2. The Kier molecular flexibility index (Phi) is 4.47. The van der Waals surface area contributed by atoms with Gasteiger partial charge in [-0.25, -0.2) is 0 Å². The normalized spacial score (nSPS) is 28.4. The number of nitrogens with one attached hydrogen (secondary N) is 1. The zero-order chi connectivity index (χ0) is 17.3. The minimum Gasteiger partial charge on any atom is -0.485 e. The molecule has 6 nitrogen and oxygen atoms in total. The van der Waals surface area contributed by atoms with Crippen LogP contribution >= 0.6 is 0 Å². The first-order chi connectivity index (χ1) is 12.1. The van der Waals surface area contributed by atoms with Gasteiger partial charge in [0.15, 0.2) is 17.1 Å². The van der Waals surface area contributed by atoms with Crippen molar-refractivity contribution in [1.82, 2.24) is 5.32 Å². The molecule has 2 fully saturated rings. The predicted molar refractivity (Wildman–Crippen MR) is 85.4 cm³/mol. The third-order valence-corrected chi connectivity index (χ3v) is 4.71. The number of alkyl halides is 2. The number of hydrogen-bond donors (Lipinski definition) is 1. The summed E-state index contributed by atoms with van der Waals surface area (Å²) in [5, 5.41) is 7.37. The maximum atomic E-state index is 12.7. The fourth-order valence-electron chi connectivity index (χ4n) is 3.36. The fourth-order valence-corrected chi connectivity index (χ4v) is 3.36. The number of oxime groups is 1. The molecular formula is C17H20F2N2O4. The van der Waals surface area contributed by atoms with Gasteiger partial charge < -0.3 is 24.4 Å². The molecule has 0 amide bonds. The highest BCUT2D eigenvalue weighted by Gasteiger charge is 2.43. The van der Waals surface area contributed by atoms with Gasteiger partial charge in [0.2, 0.25) is 0 Å². The molecule has 3 heterocycles. The number of rotatable bonds is 5. The van der Waals surface area contributed by atoms with E-state index in [4.69, 9.17) is 14.3 Å². The molecule has 1 spiro atoms. The maximum Gasteiger partial charge on any atom is 0.387 e. The van der Waals surface area contributed by atoms with Gasteiger partial charge in [-0.15, -0.1) is 0 Å². The molecule has 0 saturated carbocycles. The monoisotopic (exact) mass is 354 g/mol. The summed E-state index contributed by atoms with van der Waals surface area (Å²) in [6.07, 6.45) is 2.19. The van der Waals surface area contributed by atoms with E-state index < -0.39 is 6.61 Å². The van der Waals surface area contributed by atoms with Crippen LogP contribution in [0.1, 0.15) is 24.8 Å². The van der Waals surface area contributed by atoms with Gasteiger partial charge in [-0.05, 0) is 31.2 Å². The summed E-state index contributed by atoms with van der Waals surface area (Å²) in [4.78, 5) is 5.60. The Morgan fingerprint density at radius 1 is 1.32 bits per heavy atom. The van der Waals surface area contributed by atoms with E-state index in [1.807, 2.05) is 0 Å². The molecule has 0 aliphatic carbocycles. The number of nitrogens with zero attached hydrogens (tertiary/aromatic N) is 1. The van der Waals surface area contributed by atoms with E-state index in [1.165, 1.54) is 6.07 Å². The summed E-state index contributed by atoms with van der Waals surface area (Å²) in [7, 11) is 0. The van der Waals surface area contributed by atoms with Crippen LogP contribution in [0.3, 0.4) is 0 Å². The summed E-state index contributed by atoms with van der Waals surface area (Å²) >= 11 is 0. The van der Waals surface area contributed by atoms with Gasteiger partial charge in [0.05, 0.1) is 18.9 Å². The molecule has 2 unspecified atom stereocenters. The lowest BCUT2D eigenvalue weighted by atomic mass is 9.93. The van der Waals surface area contributed by atoms with Crippen molar-refractivity contribution in [3.05, 3.63) is 23.8 Å². The van der Waals surface area contributed by atoms with E-state index in [0.29, 0.717) is 31.9 Å². The summed E-state index contributed by atoms with van der Waals surface area (Å²) in [5.74, 6) is 0.335. The van der Waals surface area contributed by atoms with E-state index in [-0.39, 0.29) is 17.5 Å². The molecule has 0 radical (unpaired) electrons. The molecular weight excluding hydrogens is 334 g/mol. The summed E-state index contributed by atoms with van der Waals surface area (Å²) in [6, 6.07) is 4.90. The van der Waals surface area contributed by atoms with Gasteiger partial charge in [0, 0.05) is 24.9 Å². The molecule has 3 aliphatic rings. The Hall–Kier alpha value is -1.93. The van der Waals surface area contributed by atoms with Gasteiger partial charge >= 0.3 is 6.61 Å². The summed E-state index contributed by atoms with van der Waals surface area (Å²) in [6.45, 7) is -0.196. The Labute approximate surface area is 144 Å². The topological polar surface area (TPSA) is 61.3 Å². The van der Waals surface area contributed by atoms with Crippen molar-refractivity contribution in [1.29, 1.82) is 0 Å². The Balaban J connectivity index is 1.56. The molecule has 136 valence electrons. The Bertz CT molecular complexity index is 656. The second kappa shape index (κ2) is 6.76. The molecule has 2 atom stereocenters. The fraction of sp³-hybridized carbons (Fsp3) is 0.588. The molecule has 0 aromatic heterocycles.